The van der Waals surface area contributed by atoms with Crippen LogP contribution in [-0.2, 0) is 18.3 Å². The molecule has 1 aliphatic carbocycles. The normalized spacial score (nSPS) is 20.0. The lowest BCUT2D eigenvalue weighted by molar-refractivity contribution is 0.0620. The molecule has 7 nitrogen and oxygen atoms in total. The summed E-state index contributed by atoms with van der Waals surface area (Å²) in [5, 5.41) is 11.9. The van der Waals surface area contributed by atoms with Crippen molar-refractivity contribution >= 4 is 5.91 Å². The molecule has 0 saturated heterocycles. The van der Waals surface area contributed by atoms with Crippen LogP contribution in [0.2, 0.25) is 0 Å². The first kappa shape index (κ1) is 15.3. The van der Waals surface area contributed by atoms with Crippen LogP contribution >= 0.6 is 0 Å². The number of carbonyl (C=O) groups excluding carboxylic acids is 1. The third kappa shape index (κ3) is 3.03. The average molecular weight is 327 g/mol. The molecule has 1 saturated carbocycles. The summed E-state index contributed by atoms with van der Waals surface area (Å²) in [4.78, 5) is 14.6. The van der Waals surface area contributed by atoms with Crippen molar-refractivity contribution in [3.8, 4) is 0 Å². The standard InChI is InChI=1S/C17H21N5O2/c1-21-16-14(7-20-21)8-22(17(23)13-4-5-18-19-6-13)9-15(16)11-24-10-12-2-3-12/h4-7,12,15H,2-3,8-11H2,1H3. The fourth-order valence-electron chi connectivity index (χ4n) is 3.31. The summed E-state index contributed by atoms with van der Waals surface area (Å²) in [5.74, 6) is 0.866. The second-order valence-electron chi connectivity index (χ2n) is 6.67. The van der Waals surface area contributed by atoms with Crippen molar-refractivity contribution in [3.05, 3.63) is 41.5 Å². The zero-order valence-corrected chi connectivity index (χ0v) is 13.8. The zero-order chi connectivity index (χ0) is 16.5. The smallest absolute Gasteiger partial charge is 0.255 e. The van der Waals surface area contributed by atoms with Gasteiger partial charge in [0.2, 0.25) is 0 Å². The van der Waals surface area contributed by atoms with E-state index in [4.69, 9.17) is 4.74 Å². The quantitative estimate of drug-likeness (QED) is 0.829. The largest absolute Gasteiger partial charge is 0.380 e. The molecule has 7 heteroatoms. The van der Waals surface area contributed by atoms with Gasteiger partial charge in [0.15, 0.2) is 0 Å². The molecule has 24 heavy (non-hydrogen) atoms. The molecule has 4 rings (SSSR count). The number of amides is 1. The van der Waals surface area contributed by atoms with Crippen LogP contribution in [0.4, 0.5) is 0 Å². The topological polar surface area (TPSA) is 73.1 Å². The third-order valence-corrected chi connectivity index (χ3v) is 4.74. The molecule has 2 aromatic heterocycles. The van der Waals surface area contributed by atoms with E-state index in [0.717, 1.165) is 18.1 Å². The molecule has 0 N–H and O–H groups in total. The first-order chi connectivity index (χ1) is 11.7. The van der Waals surface area contributed by atoms with Gasteiger partial charge in [0.1, 0.15) is 0 Å². The van der Waals surface area contributed by atoms with Gasteiger partial charge in [0.05, 0.1) is 36.5 Å². The Hall–Kier alpha value is -2.28. The van der Waals surface area contributed by atoms with Crippen LogP contribution < -0.4 is 0 Å². The number of hydrogen-bond acceptors (Lipinski definition) is 5. The van der Waals surface area contributed by atoms with Crippen LogP contribution in [0.5, 0.6) is 0 Å². The number of nitrogens with zero attached hydrogens (tertiary/aromatic N) is 5. The van der Waals surface area contributed by atoms with Gasteiger partial charge in [0.25, 0.3) is 5.91 Å². The lowest BCUT2D eigenvalue weighted by atomic mass is 9.96. The van der Waals surface area contributed by atoms with E-state index >= 15 is 0 Å². The van der Waals surface area contributed by atoms with Crippen molar-refractivity contribution in [1.29, 1.82) is 0 Å². The first-order valence-corrected chi connectivity index (χ1v) is 8.37. The molecular formula is C17H21N5O2. The number of rotatable bonds is 5. The maximum Gasteiger partial charge on any atom is 0.255 e. The molecule has 2 aromatic rings. The van der Waals surface area contributed by atoms with E-state index in [1.165, 1.54) is 24.7 Å². The monoisotopic (exact) mass is 327 g/mol. The molecule has 126 valence electrons. The van der Waals surface area contributed by atoms with Gasteiger partial charge >= 0.3 is 0 Å². The van der Waals surface area contributed by atoms with Crippen LogP contribution in [-0.4, -0.2) is 50.5 Å². The van der Waals surface area contributed by atoms with Crippen molar-refractivity contribution in [2.75, 3.05) is 19.8 Å². The minimum atomic E-state index is -0.0217. The fourth-order valence-corrected chi connectivity index (χ4v) is 3.31. The second kappa shape index (κ2) is 6.32. The SMILES string of the molecule is Cn1ncc2c1C(COCC1CC1)CN(C(=O)c1ccnnc1)C2. The third-order valence-electron chi connectivity index (χ3n) is 4.74. The van der Waals surface area contributed by atoms with E-state index in [-0.39, 0.29) is 11.8 Å². The van der Waals surface area contributed by atoms with Gasteiger partial charge < -0.3 is 9.64 Å². The molecule has 2 aliphatic rings. The highest BCUT2D eigenvalue weighted by Crippen LogP contribution is 2.31. The lowest BCUT2D eigenvalue weighted by Crippen LogP contribution is -2.40. The van der Waals surface area contributed by atoms with Crippen molar-refractivity contribution < 1.29 is 9.53 Å². The summed E-state index contributed by atoms with van der Waals surface area (Å²) in [6.07, 6.45) is 7.47. The number of ether oxygens (including phenoxy) is 1. The van der Waals surface area contributed by atoms with E-state index in [2.05, 4.69) is 15.3 Å². The Morgan fingerprint density at radius 3 is 2.92 bits per heavy atom. The van der Waals surface area contributed by atoms with Gasteiger partial charge in [-0.05, 0) is 24.8 Å². The fraction of sp³-hybridized carbons (Fsp3) is 0.529. The number of fused-ring (bicyclic) bond motifs is 1. The maximum atomic E-state index is 12.7. The van der Waals surface area contributed by atoms with E-state index in [1.807, 2.05) is 22.8 Å². The number of hydrogen-bond donors (Lipinski definition) is 0. The summed E-state index contributed by atoms with van der Waals surface area (Å²) in [6.45, 7) is 2.66. The summed E-state index contributed by atoms with van der Waals surface area (Å²) >= 11 is 0. The van der Waals surface area contributed by atoms with Crippen LogP contribution in [0.25, 0.3) is 0 Å². The summed E-state index contributed by atoms with van der Waals surface area (Å²) in [7, 11) is 1.96. The molecule has 0 bridgehead atoms. The highest BCUT2D eigenvalue weighted by Gasteiger charge is 2.32. The predicted molar refractivity (Wildman–Crippen MR) is 86.3 cm³/mol. The van der Waals surface area contributed by atoms with E-state index in [0.29, 0.717) is 25.3 Å². The maximum absolute atomic E-state index is 12.7. The van der Waals surface area contributed by atoms with Crippen molar-refractivity contribution in [3.63, 3.8) is 0 Å². The van der Waals surface area contributed by atoms with Gasteiger partial charge in [-0.3, -0.25) is 9.48 Å². The summed E-state index contributed by atoms with van der Waals surface area (Å²) in [6, 6.07) is 1.70. The molecule has 0 radical (unpaired) electrons. The predicted octanol–water partition coefficient (Wildman–Crippen LogP) is 1.38. The van der Waals surface area contributed by atoms with Gasteiger partial charge in [0, 0.05) is 38.2 Å². The second-order valence-corrected chi connectivity index (χ2v) is 6.67. The van der Waals surface area contributed by atoms with Crippen molar-refractivity contribution in [2.45, 2.75) is 25.3 Å². The lowest BCUT2D eigenvalue weighted by Gasteiger charge is -2.33. The summed E-state index contributed by atoms with van der Waals surface area (Å²) < 4.78 is 7.82. The Morgan fingerprint density at radius 1 is 1.29 bits per heavy atom. The Kier molecular flexibility index (Phi) is 4.02. The van der Waals surface area contributed by atoms with Crippen LogP contribution in [0, 0.1) is 5.92 Å². The Balaban J connectivity index is 1.52. The number of aromatic nitrogens is 4. The van der Waals surface area contributed by atoms with Crippen LogP contribution in [0.15, 0.2) is 24.7 Å². The van der Waals surface area contributed by atoms with E-state index in [1.54, 1.807) is 12.3 Å². The number of aryl methyl sites for hydroxylation is 1. The highest BCUT2D eigenvalue weighted by molar-refractivity contribution is 5.94. The molecule has 0 aromatic carbocycles. The van der Waals surface area contributed by atoms with Gasteiger partial charge in [-0.15, -0.1) is 0 Å². The number of carbonyl (C=O) groups is 1. The molecule has 1 atom stereocenters. The molecular weight excluding hydrogens is 306 g/mol. The molecule has 1 unspecified atom stereocenters. The molecule has 0 spiro atoms. The molecule has 1 aliphatic heterocycles. The van der Waals surface area contributed by atoms with Crippen LogP contribution in [0.3, 0.4) is 0 Å². The first-order valence-electron chi connectivity index (χ1n) is 8.37. The van der Waals surface area contributed by atoms with Crippen molar-refractivity contribution in [1.82, 2.24) is 24.9 Å². The van der Waals surface area contributed by atoms with E-state index < -0.39 is 0 Å². The molecule has 3 heterocycles. The Morgan fingerprint density at radius 2 is 2.17 bits per heavy atom. The molecule has 1 fully saturated rings. The Bertz CT molecular complexity index is 726. The van der Waals surface area contributed by atoms with Gasteiger partial charge in [-0.25, -0.2) is 0 Å². The molecule has 1 amide bonds. The van der Waals surface area contributed by atoms with E-state index in [9.17, 15) is 4.79 Å². The van der Waals surface area contributed by atoms with Crippen molar-refractivity contribution in [2.24, 2.45) is 13.0 Å². The highest BCUT2D eigenvalue weighted by atomic mass is 16.5. The Labute approximate surface area is 140 Å². The summed E-state index contributed by atoms with van der Waals surface area (Å²) in [5.41, 5.74) is 2.84. The average Bonchev–Trinajstić information content (AvgIpc) is 3.36. The minimum Gasteiger partial charge on any atom is -0.380 e. The zero-order valence-electron chi connectivity index (χ0n) is 13.8. The van der Waals surface area contributed by atoms with Gasteiger partial charge in [-0.1, -0.05) is 0 Å². The van der Waals surface area contributed by atoms with Gasteiger partial charge in [-0.2, -0.15) is 15.3 Å². The van der Waals surface area contributed by atoms with Crippen LogP contribution in [0.1, 0.15) is 40.4 Å². The minimum absolute atomic E-state index is 0.0217.